The van der Waals surface area contributed by atoms with Crippen LogP contribution in [-0.2, 0) is 9.53 Å². The number of benzene rings is 1. The summed E-state index contributed by atoms with van der Waals surface area (Å²) in [6, 6.07) is 7.38. The van der Waals surface area contributed by atoms with Crippen LogP contribution in [0.1, 0.15) is 18.9 Å². The van der Waals surface area contributed by atoms with Crippen LogP contribution >= 0.6 is 15.9 Å². The fourth-order valence-electron chi connectivity index (χ4n) is 2.34. The van der Waals surface area contributed by atoms with Gasteiger partial charge >= 0.3 is 0 Å². The fourth-order valence-corrected chi connectivity index (χ4v) is 2.78. The van der Waals surface area contributed by atoms with Crippen molar-refractivity contribution in [1.82, 2.24) is 5.32 Å². The highest BCUT2D eigenvalue weighted by Crippen LogP contribution is 2.29. The Balaban J connectivity index is 2.29. The van der Waals surface area contributed by atoms with Gasteiger partial charge in [0.15, 0.2) is 0 Å². The fraction of sp³-hybridized carbons (Fsp3) is 0.467. The van der Waals surface area contributed by atoms with Crippen LogP contribution in [0.15, 0.2) is 22.7 Å². The van der Waals surface area contributed by atoms with E-state index in [0.29, 0.717) is 31.9 Å². The second kappa shape index (κ2) is 7.43. The molecule has 6 heteroatoms. The van der Waals surface area contributed by atoms with Crippen molar-refractivity contribution in [2.75, 3.05) is 31.2 Å². The lowest BCUT2D eigenvalue weighted by molar-refractivity contribution is -0.124. The zero-order valence-electron chi connectivity index (χ0n) is 11.9. The molecule has 0 bridgehead atoms. The molecule has 112 valence electrons. The van der Waals surface area contributed by atoms with Crippen molar-refractivity contribution in [3.05, 3.63) is 28.2 Å². The van der Waals surface area contributed by atoms with Crippen molar-refractivity contribution >= 4 is 27.5 Å². The van der Waals surface area contributed by atoms with Gasteiger partial charge in [-0.2, -0.15) is 5.26 Å². The molecule has 1 saturated heterocycles. The summed E-state index contributed by atoms with van der Waals surface area (Å²) in [6.45, 7) is 4.14. The number of nitrogens with zero attached hydrogens (tertiary/aromatic N) is 2. The van der Waals surface area contributed by atoms with Crippen molar-refractivity contribution in [2.45, 2.75) is 19.4 Å². The Morgan fingerprint density at radius 2 is 2.43 bits per heavy atom. The summed E-state index contributed by atoms with van der Waals surface area (Å²) >= 11 is 3.39. The van der Waals surface area contributed by atoms with Crippen LogP contribution < -0.4 is 10.2 Å². The Kier molecular flexibility index (Phi) is 5.59. The molecule has 0 saturated carbocycles. The minimum absolute atomic E-state index is 0.0552. The summed E-state index contributed by atoms with van der Waals surface area (Å²) in [5.74, 6) is -0.0552. The van der Waals surface area contributed by atoms with Gasteiger partial charge in [0.25, 0.3) is 0 Å². The van der Waals surface area contributed by atoms with Gasteiger partial charge in [0, 0.05) is 17.6 Å². The minimum atomic E-state index is -0.397. The number of anilines is 1. The molecular weight excluding hydrogens is 334 g/mol. The Hall–Kier alpha value is -1.58. The third-order valence-corrected chi connectivity index (χ3v) is 4.05. The van der Waals surface area contributed by atoms with Gasteiger partial charge in [0.2, 0.25) is 5.91 Å². The largest absolute Gasteiger partial charge is 0.377 e. The van der Waals surface area contributed by atoms with Crippen LogP contribution in [0.25, 0.3) is 0 Å². The third-order valence-electron chi connectivity index (χ3n) is 3.39. The van der Waals surface area contributed by atoms with E-state index in [9.17, 15) is 10.1 Å². The van der Waals surface area contributed by atoms with Crippen LogP contribution in [0.3, 0.4) is 0 Å². The lowest BCUT2D eigenvalue weighted by Gasteiger charge is -2.36. The average Bonchev–Trinajstić information content (AvgIpc) is 2.52. The zero-order chi connectivity index (χ0) is 15.2. The molecule has 1 aliphatic rings. The molecular formula is C15H18BrN3O2. The van der Waals surface area contributed by atoms with Crippen molar-refractivity contribution in [3.8, 4) is 6.07 Å². The molecule has 1 unspecified atom stereocenters. The topological polar surface area (TPSA) is 65.4 Å². The number of amides is 1. The molecule has 1 N–H and O–H groups in total. The zero-order valence-corrected chi connectivity index (χ0v) is 13.5. The Labute approximate surface area is 133 Å². The highest BCUT2D eigenvalue weighted by Gasteiger charge is 2.31. The van der Waals surface area contributed by atoms with Crippen LogP contribution in [0.4, 0.5) is 5.69 Å². The van der Waals surface area contributed by atoms with E-state index in [1.165, 1.54) is 0 Å². The number of ether oxygens (including phenoxy) is 1. The van der Waals surface area contributed by atoms with E-state index in [2.05, 4.69) is 27.3 Å². The molecule has 0 aromatic heterocycles. The molecule has 1 heterocycles. The van der Waals surface area contributed by atoms with Crippen LogP contribution in [-0.4, -0.2) is 38.3 Å². The number of halogens is 1. The number of nitriles is 1. The number of morpholine rings is 1. The van der Waals surface area contributed by atoms with Gasteiger partial charge in [-0.3, -0.25) is 4.79 Å². The van der Waals surface area contributed by atoms with E-state index in [-0.39, 0.29) is 5.91 Å². The van der Waals surface area contributed by atoms with Crippen molar-refractivity contribution < 1.29 is 9.53 Å². The second-order valence-corrected chi connectivity index (χ2v) is 5.68. The SMILES string of the molecule is CCCNC(=O)C1COCCN1c1cccc(Br)c1C#N. The summed E-state index contributed by atoms with van der Waals surface area (Å²) in [5, 5.41) is 12.3. The molecule has 21 heavy (non-hydrogen) atoms. The van der Waals surface area contributed by atoms with Crippen LogP contribution in [0.2, 0.25) is 0 Å². The first kappa shape index (κ1) is 15.8. The summed E-state index contributed by atoms with van der Waals surface area (Å²) in [6.07, 6.45) is 0.889. The normalized spacial score (nSPS) is 18.1. The Morgan fingerprint density at radius 1 is 1.62 bits per heavy atom. The van der Waals surface area contributed by atoms with E-state index in [1.54, 1.807) is 0 Å². The highest BCUT2D eigenvalue weighted by molar-refractivity contribution is 9.10. The number of rotatable bonds is 4. The molecule has 0 radical (unpaired) electrons. The molecule has 1 amide bonds. The maximum atomic E-state index is 12.3. The number of hydrogen-bond acceptors (Lipinski definition) is 4. The number of carbonyl (C=O) groups excluding carboxylic acids is 1. The lowest BCUT2D eigenvalue weighted by Crippen LogP contribution is -2.54. The Morgan fingerprint density at radius 3 is 3.14 bits per heavy atom. The first-order valence-corrected chi connectivity index (χ1v) is 7.79. The highest BCUT2D eigenvalue weighted by atomic mass is 79.9. The van der Waals surface area contributed by atoms with Crippen LogP contribution in [0, 0.1) is 11.3 Å². The van der Waals surface area contributed by atoms with Gasteiger partial charge in [-0.25, -0.2) is 0 Å². The first-order chi connectivity index (χ1) is 10.2. The van der Waals surface area contributed by atoms with Gasteiger partial charge in [0.1, 0.15) is 12.1 Å². The predicted molar refractivity (Wildman–Crippen MR) is 84.1 cm³/mol. The Bertz CT molecular complexity index is 556. The molecule has 2 rings (SSSR count). The molecule has 0 spiro atoms. The molecule has 5 nitrogen and oxygen atoms in total. The van der Waals surface area contributed by atoms with E-state index in [1.807, 2.05) is 30.0 Å². The van der Waals surface area contributed by atoms with Crippen molar-refractivity contribution in [3.63, 3.8) is 0 Å². The maximum absolute atomic E-state index is 12.3. The minimum Gasteiger partial charge on any atom is -0.377 e. The molecule has 1 aromatic carbocycles. The van der Waals surface area contributed by atoms with E-state index >= 15 is 0 Å². The van der Waals surface area contributed by atoms with E-state index in [4.69, 9.17) is 4.74 Å². The summed E-state index contributed by atoms with van der Waals surface area (Å²) in [5.41, 5.74) is 1.32. The van der Waals surface area contributed by atoms with E-state index < -0.39 is 6.04 Å². The summed E-state index contributed by atoms with van der Waals surface area (Å²) in [7, 11) is 0. The molecule has 1 aliphatic heterocycles. The average molecular weight is 352 g/mol. The quantitative estimate of drug-likeness (QED) is 0.901. The summed E-state index contributed by atoms with van der Waals surface area (Å²) < 4.78 is 6.18. The smallest absolute Gasteiger partial charge is 0.245 e. The van der Waals surface area contributed by atoms with Gasteiger partial charge in [-0.15, -0.1) is 0 Å². The number of nitrogens with one attached hydrogen (secondary N) is 1. The van der Waals surface area contributed by atoms with Gasteiger partial charge in [-0.05, 0) is 34.5 Å². The number of hydrogen-bond donors (Lipinski definition) is 1. The molecule has 1 fully saturated rings. The van der Waals surface area contributed by atoms with Gasteiger partial charge < -0.3 is 15.0 Å². The van der Waals surface area contributed by atoms with Crippen molar-refractivity contribution in [2.24, 2.45) is 0 Å². The van der Waals surface area contributed by atoms with E-state index in [0.717, 1.165) is 16.6 Å². The standard InChI is InChI=1S/C15H18BrN3O2/c1-2-6-18-15(20)14-10-21-8-7-19(14)13-5-3-4-12(16)11(13)9-17/h3-5,14H,2,6-8,10H2,1H3,(H,18,20). The van der Waals surface area contributed by atoms with Gasteiger partial charge in [0.05, 0.1) is 24.5 Å². The van der Waals surface area contributed by atoms with Crippen molar-refractivity contribution in [1.29, 1.82) is 5.26 Å². The first-order valence-electron chi connectivity index (χ1n) is 6.99. The second-order valence-electron chi connectivity index (χ2n) is 4.82. The number of carbonyl (C=O) groups is 1. The maximum Gasteiger partial charge on any atom is 0.245 e. The lowest BCUT2D eigenvalue weighted by atomic mass is 10.1. The molecule has 1 atom stereocenters. The molecule has 1 aromatic rings. The monoisotopic (exact) mass is 351 g/mol. The van der Waals surface area contributed by atoms with Gasteiger partial charge in [-0.1, -0.05) is 13.0 Å². The summed E-state index contributed by atoms with van der Waals surface area (Å²) in [4.78, 5) is 14.3. The third kappa shape index (κ3) is 3.55. The predicted octanol–water partition coefficient (Wildman–Crippen LogP) is 2.05. The molecule has 0 aliphatic carbocycles. The van der Waals surface area contributed by atoms with Crippen LogP contribution in [0.5, 0.6) is 0 Å².